The molecule has 6 nitrogen and oxygen atoms in total. The van der Waals surface area contributed by atoms with Crippen molar-refractivity contribution in [3.05, 3.63) is 70.5 Å². The molecule has 0 radical (unpaired) electrons. The molecule has 0 bridgehead atoms. The number of hydrogen-bond donors (Lipinski definition) is 1. The maximum atomic E-state index is 13.7. The van der Waals surface area contributed by atoms with E-state index in [1.54, 1.807) is 23.3 Å². The molecule has 1 saturated heterocycles. The van der Waals surface area contributed by atoms with Crippen LogP contribution in [0.2, 0.25) is 0 Å². The third-order valence-electron chi connectivity index (χ3n) is 6.05. The Hall–Kier alpha value is -3.26. The van der Waals surface area contributed by atoms with Crippen LogP contribution >= 0.6 is 11.3 Å². The average molecular weight is 496 g/mol. The third-order valence-corrected chi connectivity index (χ3v) is 6.94. The minimum Gasteiger partial charge on any atom is -0.491 e. The van der Waals surface area contributed by atoms with Gasteiger partial charge < -0.3 is 15.0 Å². The van der Waals surface area contributed by atoms with Crippen LogP contribution in [0.25, 0.3) is 10.6 Å². The summed E-state index contributed by atoms with van der Waals surface area (Å²) in [7, 11) is 0. The van der Waals surface area contributed by atoms with Crippen LogP contribution in [0.4, 0.5) is 4.39 Å². The largest absolute Gasteiger partial charge is 0.491 e. The summed E-state index contributed by atoms with van der Waals surface area (Å²) >= 11 is 1.44. The first-order chi connectivity index (χ1) is 16.8. The van der Waals surface area contributed by atoms with Gasteiger partial charge in [-0.3, -0.25) is 9.59 Å². The number of carbonyl (C=O) groups is 2. The number of ether oxygens (including phenoxy) is 1. The first-order valence-corrected chi connectivity index (χ1v) is 12.7. The Morgan fingerprint density at radius 3 is 2.54 bits per heavy atom. The van der Waals surface area contributed by atoms with E-state index in [-0.39, 0.29) is 29.7 Å². The maximum Gasteiger partial charge on any atom is 0.273 e. The monoisotopic (exact) mass is 495 g/mol. The van der Waals surface area contributed by atoms with Crippen molar-refractivity contribution in [3.63, 3.8) is 0 Å². The molecule has 8 heteroatoms. The number of rotatable bonds is 7. The van der Waals surface area contributed by atoms with Gasteiger partial charge in [-0.15, -0.1) is 11.3 Å². The summed E-state index contributed by atoms with van der Waals surface area (Å²) < 4.78 is 19.4. The summed E-state index contributed by atoms with van der Waals surface area (Å²) in [4.78, 5) is 31.9. The van der Waals surface area contributed by atoms with Crippen LogP contribution < -0.4 is 10.1 Å². The molecule has 2 aromatic carbocycles. The topological polar surface area (TPSA) is 71.5 Å². The van der Waals surface area contributed by atoms with Crippen LogP contribution in [0.1, 0.15) is 48.3 Å². The molecule has 1 fully saturated rings. The van der Waals surface area contributed by atoms with E-state index in [2.05, 4.69) is 10.3 Å². The number of carbonyl (C=O) groups excluding carboxylic acids is 2. The predicted octanol–water partition coefficient (Wildman–Crippen LogP) is 5.21. The summed E-state index contributed by atoms with van der Waals surface area (Å²) in [5, 5.41) is 5.47. The van der Waals surface area contributed by atoms with Crippen molar-refractivity contribution >= 4 is 23.2 Å². The lowest BCUT2D eigenvalue weighted by molar-refractivity contribution is -0.126. The second-order valence-corrected chi connectivity index (χ2v) is 9.95. The van der Waals surface area contributed by atoms with Crippen molar-refractivity contribution in [1.82, 2.24) is 15.2 Å². The van der Waals surface area contributed by atoms with Crippen LogP contribution in [-0.2, 0) is 11.3 Å². The van der Waals surface area contributed by atoms with E-state index in [4.69, 9.17) is 4.74 Å². The Kier molecular flexibility index (Phi) is 7.80. The zero-order valence-electron chi connectivity index (χ0n) is 20.2. The molecule has 35 heavy (non-hydrogen) atoms. The minimum absolute atomic E-state index is 0.0566. The molecule has 3 aromatic rings. The van der Waals surface area contributed by atoms with E-state index in [1.807, 2.05) is 44.2 Å². The summed E-state index contributed by atoms with van der Waals surface area (Å²) in [5.41, 5.74) is 2.68. The number of halogens is 1. The van der Waals surface area contributed by atoms with E-state index >= 15 is 0 Å². The van der Waals surface area contributed by atoms with Gasteiger partial charge in [0.2, 0.25) is 5.91 Å². The number of aryl methyl sites for hydroxylation is 1. The van der Waals surface area contributed by atoms with Crippen molar-refractivity contribution in [2.75, 3.05) is 13.1 Å². The SMILES string of the molecule is Cc1ccc(CNC(=O)C2CCN(C(=O)c3csc(-c4ccc(OC(C)C)cc4)n3)CC2)cc1F. The van der Waals surface area contributed by atoms with Crippen LogP contribution in [0.15, 0.2) is 47.8 Å². The van der Waals surface area contributed by atoms with Crippen molar-refractivity contribution in [3.8, 4) is 16.3 Å². The minimum atomic E-state index is -0.272. The number of piperidine rings is 1. The lowest BCUT2D eigenvalue weighted by Gasteiger charge is -2.31. The summed E-state index contributed by atoms with van der Waals surface area (Å²) in [6.07, 6.45) is 1.29. The Bertz CT molecular complexity index is 1180. The van der Waals surface area contributed by atoms with Crippen molar-refractivity contribution in [2.24, 2.45) is 5.92 Å². The Labute approximate surface area is 209 Å². The number of amides is 2. The fourth-order valence-corrected chi connectivity index (χ4v) is 4.84. The van der Waals surface area contributed by atoms with Gasteiger partial charge in [0.1, 0.15) is 22.3 Å². The van der Waals surface area contributed by atoms with Crippen LogP contribution in [0.3, 0.4) is 0 Å². The number of likely N-dealkylation sites (tertiary alicyclic amines) is 1. The number of nitrogens with one attached hydrogen (secondary N) is 1. The first kappa shape index (κ1) is 24.9. The Balaban J connectivity index is 1.28. The molecule has 0 unspecified atom stereocenters. The molecule has 0 spiro atoms. The highest BCUT2D eigenvalue weighted by atomic mass is 32.1. The molecule has 0 saturated carbocycles. The average Bonchev–Trinajstić information content (AvgIpc) is 3.35. The van der Waals surface area contributed by atoms with Crippen molar-refractivity contribution < 1.29 is 18.7 Å². The smallest absolute Gasteiger partial charge is 0.273 e. The van der Waals surface area contributed by atoms with Gasteiger partial charge in [0.15, 0.2) is 0 Å². The number of thiazole rings is 1. The van der Waals surface area contributed by atoms with Gasteiger partial charge in [-0.25, -0.2) is 9.37 Å². The fraction of sp³-hybridized carbons (Fsp3) is 0.370. The van der Waals surface area contributed by atoms with Gasteiger partial charge in [-0.05, 0) is 75.1 Å². The molecule has 1 N–H and O–H groups in total. The molecular formula is C27H30FN3O3S. The molecule has 1 aliphatic heterocycles. The van der Waals surface area contributed by atoms with Crippen LogP contribution in [0.5, 0.6) is 5.75 Å². The van der Waals surface area contributed by atoms with Crippen LogP contribution in [0, 0.1) is 18.7 Å². The highest BCUT2D eigenvalue weighted by Crippen LogP contribution is 2.27. The van der Waals surface area contributed by atoms with Crippen molar-refractivity contribution in [2.45, 2.75) is 46.3 Å². The second-order valence-electron chi connectivity index (χ2n) is 9.10. The molecule has 184 valence electrons. The predicted molar refractivity (Wildman–Crippen MR) is 135 cm³/mol. The van der Waals surface area contributed by atoms with Gasteiger partial charge >= 0.3 is 0 Å². The summed E-state index contributed by atoms with van der Waals surface area (Å²) in [6, 6.07) is 12.7. The molecular weight excluding hydrogens is 465 g/mol. The maximum absolute atomic E-state index is 13.7. The zero-order valence-corrected chi connectivity index (χ0v) is 21.0. The quantitative estimate of drug-likeness (QED) is 0.488. The number of nitrogens with zero attached hydrogens (tertiary/aromatic N) is 2. The molecule has 2 heterocycles. The van der Waals surface area contributed by atoms with Gasteiger partial charge in [0, 0.05) is 36.5 Å². The standard InChI is InChI=1S/C27H30FN3O3S/c1-17(2)34-22-8-6-21(7-9-22)26-30-24(16-35-26)27(33)31-12-10-20(11-13-31)25(32)29-15-19-5-4-18(3)23(28)14-19/h4-9,14,16-17,20H,10-13,15H2,1-3H3,(H,29,32). The van der Waals surface area contributed by atoms with Gasteiger partial charge in [0.05, 0.1) is 6.10 Å². The normalized spacial score (nSPS) is 14.3. The van der Waals surface area contributed by atoms with E-state index in [0.29, 0.717) is 43.7 Å². The summed E-state index contributed by atoms with van der Waals surface area (Å²) in [5.74, 6) is 0.201. The van der Waals surface area contributed by atoms with Gasteiger partial charge in [0.25, 0.3) is 5.91 Å². The van der Waals surface area contributed by atoms with Gasteiger partial charge in [-0.1, -0.05) is 12.1 Å². The first-order valence-electron chi connectivity index (χ1n) is 11.8. The van der Waals surface area contributed by atoms with Crippen LogP contribution in [-0.4, -0.2) is 40.9 Å². The Morgan fingerprint density at radius 1 is 1.17 bits per heavy atom. The number of hydrogen-bond acceptors (Lipinski definition) is 5. The highest BCUT2D eigenvalue weighted by Gasteiger charge is 2.28. The molecule has 4 rings (SSSR count). The fourth-order valence-electron chi connectivity index (χ4n) is 4.04. The van der Waals surface area contributed by atoms with E-state index in [1.165, 1.54) is 17.4 Å². The third kappa shape index (κ3) is 6.25. The molecule has 1 aromatic heterocycles. The molecule has 0 atom stereocenters. The van der Waals surface area contributed by atoms with E-state index in [0.717, 1.165) is 21.9 Å². The lowest BCUT2D eigenvalue weighted by atomic mass is 9.95. The van der Waals surface area contributed by atoms with Crippen molar-refractivity contribution in [1.29, 1.82) is 0 Å². The lowest BCUT2D eigenvalue weighted by Crippen LogP contribution is -2.43. The summed E-state index contributed by atoms with van der Waals surface area (Å²) in [6.45, 7) is 6.97. The molecule has 2 amide bonds. The molecule has 0 aliphatic carbocycles. The molecule has 1 aliphatic rings. The Morgan fingerprint density at radius 2 is 1.89 bits per heavy atom. The van der Waals surface area contributed by atoms with E-state index < -0.39 is 0 Å². The zero-order chi connectivity index (χ0) is 24.9. The highest BCUT2D eigenvalue weighted by molar-refractivity contribution is 7.13. The number of aromatic nitrogens is 1. The van der Waals surface area contributed by atoms with Gasteiger partial charge in [-0.2, -0.15) is 0 Å². The number of benzene rings is 2. The second kappa shape index (κ2) is 11.0. The van der Waals surface area contributed by atoms with E-state index in [9.17, 15) is 14.0 Å².